The minimum atomic E-state index is -0.761. The highest BCUT2D eigenvalue weighted by Crippen LogP contribution is 2.55. The van der Waals surface area contributed by atoms with Crippen LogP contribution in [0.25, 0.3) is 0 Å². The summed E-state index contributed by atoms with van der Waals surface area (Å²) in [6.07, 6.45) is 3.61. The zero-order valence-electron chi connectivity index (χ0n) is 11.9. The van der Waals surface area contributed by atoms with Crippen molar-refractivity contribution >= 4 is 0 Å². The van der Waals surface area contributed by atoms with Gasteiger partial charge in [-0.3, -0.25) is 0 Å². The number of rotatable bonds is 2. The Morgan fingerprint density at radius 3 is 2.79 bits per heavy atom. The van der Waals surface area contributed by atoms with Crippen molar-refractivity contribution < 1.29 is 24.4 Å². The van der Waals surface area contributed by atoms with Crippen LogP contribution in [0.4, 0.5) is 0 Å². The van der Waals surface area contributed by atoms with Crippen LogP contribution in [0.15, 0.2) is 0 Å². The number of aliphatic hydroxyl groups excluding tert-OH is 1. The van der Waals surface area contributed by atoms with E-state index in [2.05, 4.69) is 6.92 Å². The molecule has 4 aliphatic rings. The van der Waals surface area contributed by atoms with Gasteiger partial charge in [0.15, 0.2) is 11.9 Å². The average molecular weight is 272 g/mol. The van der Waals surface area contributed by atoms with Gasteiger partial charge in [0.2, 0.25) is 5.79 Å². The van der Waals surface area contributed by atoms with Gasteiger partial charge in [-0.15, -0.1) is 0 Å². The lowest BCUT2D eigenvalue weighted by molar-refractivity contribution is -0.560. The second-order valence-corrected chi connectivity index (χ2v) is 6.37. The lowest BCUT2D eigenvalue weighted by Gasteiger charge is -2.52. The fraction of sp³-hybridized carbons (Fsp3) is 1.00. The van der Waals surface area contributed by atoms with E-state index < -0.39 is 17.7 Å². The minimum Gasteiger partial charge on any atom is -0.396 e. The van der Waals surface area contributed by atoms with E-state index >= 15 is 0 Å². The van der Waals surface area contributed by atoms with E-state index in [1.54, 1.807) is 7.11 Å². The number of fused-ring (bicyclic) bond motifs is 3. The lowest BCUT2D eigenvalue weighted by atomic mass is 9.66. The molecule has 0 aromatic carbocycles. The third-order valence-corrected chi connectivity index (χ3v) is 5.41. The normalized spacial score (nSPS) is 53.7. The van der Waals surface area contributed by atoms with Crippen LogP contribution in [0.2, 0.25) is 0 Å². The summed E-state index contributed by atoms with van der Waals surface area (Å²) in [7, 11) is 1.64. The van der Waals surface area contributed by atoms with Gasteiger partial charge in [0, 0.05) is 25.6 Å². The van der Waals surface area contributed by atoms with Crippen molar-refractivity contribution in [1.82, 2.24) is 0 Å². The summed E-state index contributed by atoms with van der Waals surface area (Å²) in [5, 5.41) is 9.73. The predicted octanol–water partition coefficient (Wildman–Crippen LogP) is 1.84. The molecule has 0 amide bonds. The van der Waals surface area contributed by atoms with Crippen molar-refractivity contribution in [2.75, 3.05) is 13.7 Å². The van der Waals surface area contributed by atoms with Crippen LogP contribution in [0.3, 0.4) is 0 Å². The maximum Gasteiger partial charge on any atom is 0.204 e. The van der Waals surface area contributed by atoms with Crippen LogP contribution < -0.4 is 0 Å². The van der Waals surface area contributed by atoms with Crippen LogP contribution in [-0.2, 0) is 19.2 Å². The first kappa shape index (κ1) is 13.8. The third kappa shape index (κ3) is 1.79. The monoisotopic (exact) mass is 272 g/mol. The standard InChI is InChI=1S/C14H24O5/c1-9-7-10-5-4-6-11(8-15)14(10)12(16-3)17-13(9,2)18-19-14/h9-12,15H,4-8H2,1-3H3/t9-,10+,11-,12-,13+,14+/m0/s1. The van der Waals surface area contributed by atoms with Gasteiger partial charge in [-0.05, 0) is 32.1 Å². The molecule has 2 bridgehead atoms. The molecular formula is C14H24O5. The van der Waals surface area contributed by atoms with Gasteiger partial charge in [-0.25, -0.2) is 9.78 Å². The largest absolute Gasteiger partial charge is 0.396 e. The van der Waals surface area contributed by atoms with E-state index in [0.29, 0.717) is 5.92 Å². The highest BCUT2D eigenvalue weighted by atomic mass is 17.3. The quantitative estimate of drug-likeness (QED) is 0.777. The summed E-state index contributed by atoms with van der Waals surface area (Å²) in [6.45, 7) is 4.11. The number of methoxy groups -OCH3 is 1. The van der Waals surface area contributed by atoms with Crippen molar-refractivity contribution in [2.45, 2.75) is 57.2 Å². The third-order valence-electron chi connectivity index (χ3n) is 5.41. The summed E-state index contributed by atoms with van der Waals surface area (Å²) in [5.41, 5.74) is -0.661. The molecule has 1 saturated carbocycles. The Hall–Kier alpha value is -0.200. The molecule has 0 aromatic heterocycles. The number of ether oxygens (including phenoxy) is 2. The van der Waals surface area contributed by atoms with Crippen LogP contribution >= 0.6 is 0 Å². The molecule has 3 aliphatic heterocycles. The van der Waals surface area contributed by atoms with Gasteiger partial charge < -0.3 is 14.6 Å². The van der Waals surface area contributed by atoms with Crippen LogP contribution in [0, 0.1) is 17.8 Å². The minimum absolute atomic E-state index is 0.00560. The van der Waals surface area contributed by atoms with Crippen molar-refractivity contribution in [2.24, 2.45) is 17.8 Å². The van der Waals surface area contributed by atoms with Gasteiger partial charge in [0.05, 0.1) is 0 Å². The molecule has 1 aliphatic carbocycles. The Morgan fingerprint density at radius 2 is 2.11 bits per heavy atom. The fourth-order valence-electron chi connectivity index (χ4n) is 4.04. The number of hydrogen-bond donors (Lipinski definition) is 1. The summed E-state index contributed by atoms with van der Waals surface area (Å²) in [4.78, 5) is 11.5. The molecule has 5 heteroatoms. The van der Waals surface area contributed by atoms with Crippen molar-refractivity contribution in [3.05, 3.63) is 0 Å². The Balaban J connectivity index is 2.04. The molecule has 4 fully saturated rings. The summed E-state index contributed by atoms with van der Waals surface area (Å²) < 4.78 is 11.6. The Morgan fingerprint density at radius 1 is 1.32 bits per heavy atom. The molecule has 110 valence electrons. The summed E-state index contributed by atoms with van der Waals surface area (Å²) >= 11 is 0. The molecule has 1 N–H and O–H groups in total. The second-order valence-electron chi connectivity index (χ2n) is 6.37. The average Bonchev–Trinajstić information content (AvgIpc) is 2.59. The summed E-state index contributed by atoms with van der Waals surface area (Å²) in [6, 6.07) is 0. The topological polar surface area (TPSA) is 57.2 Å². The first-order valence-corrected chi connectivity index (χ1v) is 7.25. The van der Waals surface area contributed by atoms with Gasteiger partial charge >= 0.3 is 0 Å². The zero-order chi connectivity index (χ0) is 13.7. The zero-order valence-corrected chi connectivity index (χ0v) is 11.9. The van der Waals surface area contributed by atoms with E-state index in [-0.39, 0.29) is 18.4 Å². The molecule has 1 spiro atoms. The SMILES string of the molecule is CO[C@H]1O[C@]2(C)OO[C@]13[C@H](CO)CCC[C@@H]3C[C@@H]2C. The lowest BCUT2D eigenvalue weighted by Crippen LogP contribution is -2.64. The first-order valence-electron chi connectivity index (χ1n) is 7.25. The molecule has 4 rings (SSSR count). The van der Waals surface area contributed by atoms with Crippen LogP contribution in [0.1, 0.15) is 39.5 Å². The highest BCUT2D eigenvalue weighted by molar-refractivity contribution is 5.04. The van der Waals surface area contributed by atoms with Crippen LogP contribution in [0.5, 0.6) is 0 Å². The van der Waals surface area contributed by atoms with Crippen molar-refractivity contribution in [3.8, 4) is 0 Å². The van der Waals surface area contributed by atoms with Crippen LogP contribution in [-0.4, -0.2) is 36.5 Å². The molecule has 3 heterocycles. The maximum atomic E-state index is 9.73. The molecule has 0 aromatic rings. The van der Waals surface area contributed by atoms with Gasteiger partial charge in [-0.1, -0.05) is 13.3 Å². The van der Waals surface area contributed by atoms with E-state index in [9.17, 15) is 5.11 Å². The van der Waals surface area contributed by atoms with Crippen molar-refractivity contribution in [1.29, 1.82) is 0 Å². The molecule has 0 radical (unpaired) electrons. The van der Waals surface area contributed by atoms with E-state index in [1.807, 2.05) is 6.92 Å². The Labute approximate surface area is 114 Å². The van der Waals surface area contributed by atoms with E-state index in [0.717, 1.165) is 25.7 Å². The number of aliphatic hydroxyl groups is 1. The molecule has 6 atom stereocenters. The smallest absolute Gasteiger partial charge is 0.204 e. The number of hydrogen-bond acceptors (Lipinski definition) is 5. The van der Waals surface area contributed by atoms with E-state index in [4.69, 9.17) is 19.2 Å². The summed E-state index contributed by atoms with van der Waals surface area (Å²) in [5.74, 6) is -0.214. The maximum absolute atomic E-state index is 9.73. The highest BCUT2D eigenvalue weighted by Gasteiger charge is 2.65. The van der Waals surface area contributed by atoms with Gasteiger partial charge in [-0.2, -0.15) is 0 Å². The molecule has 3 saturated heterocycles. The Kier molecular flexibility index (Phi) is 3.38. The fourth-order valence-corrected chi connectivity index (χ4v) is 4.04. The molecule has 5 nitrogen and oxygen atoms in total. The first-order chi connectivity index (χ1) is 9.06. The predicted molar refractivity (Wildman–Crippen MR) is 66.9 cm³/mol. The van der Waals surface area contributed by atoms with Gasteiger partial charge in [0.25, 0.3) is 0 Å². The second kappa shape index (κ2) is 4.67. The van der Waals surface area contributed by atoms with Gasteiger partial charge in [0.1, 0.15) is 0 Å². The van der Waals surface area contributed by atoms with Crippen molar-refractivity contribution in [3.63, 3.8) is 0 Å². The molecule has 19 heavy (non-hydrogen) atoms. The molecular weight excluding hydrogens is 248 g/mol. The van der Waals surface area contributed by atoms with E-state index in [1.165, 1.54) is 0 Å². The Bertz CT molecular complexity index is 345. The molecule has 0 unspecified atom stereocenters.